The second-order valence-corrected chi connectivity index (χ2v) is 8.12. The maximum absolute atomic E-state index is 13.1. The molecule has 1 heterocycles. The van der Waals surface area contributed by atoms with Gasteiger partial charge in [-0.3, -0.25) is 20.4 Å². The summed E-state index contributed by atoms with van der Waals surface area (Å²) in [7, 11) is 0. The Kier molecular flexibility index (Phi) is 7.36. The molecule has 0 spiro atoms. The monoisotopic (exact) mass is 466 g/mol. The highest BCUT2D eigenvalue weighted by molar-refractivity contribution is 8.00. The molecular weight excluding hydrogens is 450 g/mol. The van der Waals surface area contributed by atoms with Crippen LogP contribution in [0.3, 0.4) is 0 Å². The zero-order valence-corrected chi connectivity index (χ0v) is 18.1. The van der Waals surface area contributed by atoms with Crippen molar-refractivity contribution in [2.45, 2.75) is 18.4 Å². The molecule has 3 rings (SSSR count). The van der Waals surface area contributed by atoms with Crippen LogP contribution in [-0.2, 0) is 11.3 Å². The molecule has 2 N–H and O–H groups in total. The van der Waals surface area contributed by atoms with E-state index in [9.17, 15) is 14.0 Å². The number of rotatable bonds is 6. The van der Waals surface area contributed by atoms with Crippen molar-refractivity contribution >= 4 is 46.8 Å². The summed E-state index contributed by atoms with van der Waals surface area (Å²) in [5.74, 6) is -1.19. The Morgan fingerprint density at radius 2 is 1.73 bits per heavy atom. The van der Waals surface area contributed by atoms with Crippen LogP contribution in [0, 0.1) is 12.7 Å². The van der Waals surface area contributed by atoms with E-state index in [2.05, 4.69) is 16.0 Å². The van der Waals surface area contributed by atoms with Gasteiger partial charge in [-0.15, -0.1) is 11.8 Å². The van der Waals surface area contributed by atoms with Gasteiger partial charge in [0.1, 0.15) is 16.5 Å². The summed E-state index contributed by atoms with van der Waals surface area (Å²) in [6, 6.07) is 13.0. The van der Waals surface area contributed by atoms with Crippen LogP contribution in [0.25, 0.3) is 0 Å². The third-order valence-electron chi connectivity index (χ3n) is 4.04. The number of hydrogen-bond acceptors (Lipinski definition) is 4. The number of amides is 2. The van der Waals surface area contributed by atoms with Gasteiger partial charge in [0, 0.05) is 9.92 Å². The molecule has 6 nitrogen and oxygen atoms in total. The number of hydrazine groups is 1. The van der Waals surface area contributed by atoms with Crippen LogP contribution in [0.2, 0.25) is 10.2 Å². The van der Waals surface area contributed by atoms with Crippen LogP contribution < -0.4 is 10.9 Å². The fourth-order valence-electron chi connectivity index (χ4n) is 2.58. The number of hydrogen-bond donors (Lipinski definition) is 2. The average molecular weight is 467 g/mol. The van der Waals surface area contributed by atoms with Gasteiger partial charge in [-0.2, -0.15) is 5.10 Å². The molecule has 0 unspecified atom stereocenters. The number of nitrogens with zero attached hydrogens (tertiary/aromatic N) is 2. The van der Waals surface area contributed by atoms with Crippen molar-refractivity contribution in [1.82, 2.24) is 20.6 Å². The number of aromatic nitrogens is 2. The van der Waals surface area contributed by atoms with Gasteiger partial charge in [-0.1, -0.05) is 35.3 Å². The maximum atomic E-state index is 13.1. The van der Waals surface area contributed by atoms with Gasteiger partial charge in [0.15, 0.2) is 0 Å². The lowest BCUT2D eigenvalue weighted by Crippen LogP contribution is -2.42. The zero-order chi connectivity index (χ0) is 21.7. The third kappa shape index (κ3) is 5.75. The molecular formula is C20H17Cl2FN4O2S. The average Bonchev–Trinajstić information content (AvgIpc) is 3.00. The van der Waals surface area contributed by atoms with Gasteiger partial charge in [0.25, 0.3) is 5.91 Å². The number of halogens is 3. The molecule has 0 atom stereocenters. The summed E-state index contributed by atoms with van der Waals surface area (Å²) >= 11 is 13.4. The topological polar surface area (TPSA) is 76.0 Å². The van der Waals surface area contributed by atoms with E-state index in [1.165, 1.54) is 28.6 Å². The smallest absolute Gasteiger partial charge is 0.272 e. The first-order chi connectivity index (χ1) is 14.3. The van der Waals surface area contributed by atoms with Crippen LogP contribution in [0.5, 0.6) is 0 Å². The first kappa shape index (κ1) is 22.1. The summed E-state index contributed by atoms with van der Waals surface area (Å²) in [6.45, 7) is 1.91. The number of carbonyl (C=O) groups excluding carboxylic acids is 2. The molecule has 2 amide bonds. The molecule has 0 radical (unpaired) electrons. The predicted octanol–water partition coefficient (Wildman–Crippen LogP) is 4.24. The zero-order valence-electron chi connectivity index (χ0n) is 15.8. The fourth-order valence-corrected chi connectivity index (χ4v) is 3.73. The van der Waals surface area contributed by atoms with E-state index in [-0.39, 0.29) is 34.7 Å². The van der Waals surface area contributed by atoms with Gasteiger partial charge in [0.2, 0.25) is 5.91 Å². The molecule has 0 aliphatic rings. The molecule has 0 fully saturated rings. The Labute approximate surface area is 186 Å². The molecule has 0 saturated carbocycles. The number of thioether (sulfide) groups is 1. The molecule has 0 bridgehead atoms. The summed E-state index contributed by atoms with van der Waals surface area (Å²) in [5, 5.41) is 5.00. The van der Waals surface area contributed by atoms with Gasteiger partial charge in [0.05, 0.1) is 18.0 Å². The third-order valence-corrected chi connectivity index (χ3v) is 5.69. The minimum atomic E-state index is -0.576. The van der Waals surface area contributed by atoms with Crippen LogP contribution in [0.15, 0.2) is 53.4 Å². The minimum absolute atomic E-state index is 0.110. The van der Waals surface area contributed by atoms with Crippen molar-refractivity contribution in [3.63, 3.8) is 0 Å². The number of benzene rings is 2. The van der Waals surface area contributed by atoms with Crippen molar-refractivity contribution < 1.29 is 14.0 Å². The molecule has 156 valence electrons. The number of aryl methyl sites for hydroxylation is 1. The molecule has 3 aromatic rings. The van der Waals surface area contributed by atoms with Gasteiger partial charge < -0.3 is 0 Å². The molecule has 0 aliphatic heterocycles. The largest absolute Gasteiger partial charge is 0.274 e. The van der Waals surface area contributed by atoms with Crippen molar-refractivity contribution in [2.24, 2.45) is 0 Å². The maximum Gasteiger partial charge on any atom is 0.274 e. The van der Waals surface area contributed by atoms with Crippen LogP contribution in [0.4, 0.5) is 4.39 Å². The quantitative estimate of drug-likeness (QED) is 0.420. The molecule has 0 saturated heterocycles. The Hall–Kier alpha value is -2.55. The fraction of sp³-hybridized carbons (Fsp3) is 0.150. The highest BCUT2D eigenvalue weighted by Crippen LogP contribution is 2.21. The number of nitrogens with one attached hydrogen (secondary N) is 2. The van der Waals surface area contributed by atoms with Crippen molar-refractivity contribution in [2.75, 3.05) is 5.75 Å². The SMILES string of the molecule is Cc1nn(Cc2ccc(F)cc2)c(Cl)c1C(=O)NNC(=O)CSc1ccc(Cl)cc1. The highest BCUT2D eigenvalue weighted by Gasteiger charge is 2.21. The van der Waals surface area contributed by atoms with Crippen LogP contribution >= 0.6 is 35.0 Å². The van der Waals surface area contributed by atoms with E-state index in [0.717, 1.165) is 10.5 Å². The standard InChI is InChI=1S/C20H17Cl2FN4O2S/c1-12-18(19(22)27(26-12)10-13-2-6-15(23)7-3-13)20(29)25-24-17(28)11-30-16-8-4-14(21)5-9-16/h2-9H,10-11H2,1H3,(H,24,28)(H,25,29). The van der Waals surface area contributed by atoms with E-state index in [4.69, 9.17) is 23.2 Å². The van der Waals surface area contributed by atoms with Gasteiger partial charge in [-0.25, -0.2) is 9.07 Å². The molecule has 2 aromatic carbocycles. The minimum Gasteiger partial charge on any atom is -0.272 e. The Morgan fingerprint density at radius 3 is 2.40 bits per heavy atom. The van der Waals surface area contributed by atoms with Crippen molar-refractivity contribution in [3.05, 3.63) is 81.3 Å². The molecule has 10 heteroatoms. The second kappa shape index (κ2) is 9.97. The number of carbonyl (C=O) groups is 2. The molecule has 30 heavy (non-hydrogen) atoms. The molecule has 0 aliphatic carbocycles. The lowest BCUT2D eigenvalue weighted by atomic mass is 10.2. The van der Waals surface area contributed by atoms with Crippen molar-refractivity contribution in [3.8, 4) is 0 Å². The van der Waals surface area contributed by atoms with E-state index in [1.54, 1.807) is 43.3 Å². The summed E-state index contributed by atoms with van der Waals surface area (Å²) in [6.07, 6.45) is 0. The second-order valence-electron chi connectivity index (χ2n) is 6.28. The Morgan fingerprint density at radius 1 is 1.07 bits per heavy atom. The first-order valence-corrected chi connectivity index (χ1v) is 10.5. The Balaban J connectivity index is 1.57. The summed E-state index contributed by atoms with van der Waals surface area (Å²) < 4.78 is 14.5. The van der Waals surface area contributed by atoms with E-state index in [1.807, 2.05) is 0 Å². The van der Waals surface area contributed by atoms with Crippen LogP contribution in [0.1, 0.15) is 21.6 Å². The van der Waals surface area contributed by atoms with E-state index < -0.39 is 5.91 Å². The summed E-state index contributed by atoms with van der Waals surface area (Å²) in [5.41, 5.74) is 6.05. The lowest BCUT2D eigenvalue weighted by Gasteiger charge is -2.08. The molecule has 1 aromatic heterocycles. The first-order valence-electron chi connectivity index (χ1n) is 8.78. The Bertz CT molecular complexity index is 1060. The van der Waals surface area contributed by atoms with Crippen molar-refractivity contribution in [1.29, 1.82) is 0 Å². The predicted molar refractivity (Wildman–Crippen MR) is 115 cm³/mol. The normalized spacial score (nSPS) is 10.7. The van der Waals surface area contributed by atoms with E-state index >= 15 is 0 Å². The highest BCUT2D eigenvalue weighted by atomic mass is 35.5. The summed E-state index contributed by atoms with van der Waals surface area (Å²) in [4.78, 5) is 25.4. The van der Waals surface area contributed by atoms with E-state index in [0.29, 0.717) is 10.7 Å². The van der Waals surface area contributed by atoms with Gasteiger partial charge in [-0.05, 0) is 48.9 Å². The van der Waals surface area contributed by atoms with Crippen LogP contribution in [-0.4, -0.2) is 27.3 Å². The van der Waals surface area contributed by atoms with Gasteiger partial charge >= 0.3 is 0 Å². The lowest BCUT2D eigenvalue weighted by molar-refractivity contribution is -0.119.